The van der Waals surface area contributed by atoms with Gasteiger partial charge in [0.25, 0.3) is 0 Å². The van der Waals surface area contributed by atoms with Crippen molar-refractivity contribution in [1.29, 1.82) is 0 Å². The molecule has 0 saturated carbocycles. The van der Waals surface area contributed by atoms with Gasteiger partial charge in [-0.1, -0.05) is 40.0 Å². The highest BCUT2D eigenvalue weighted by Gasteiger charge is 2.23. The van der Waals surface area contributed by atoms with Crippen molar-refractivity contribution in [3.8, 4) is 0 Å². The fraction of sp³-hybridized carbons (Fsp3) is 0.714. The van der Waals surface area contributed by atoms with Gasteiger partial charge in [0.1, 0.15) is 4.21 Å². The molecule has 1 heterocycles. The van der Waals surface area contributed by atoms with Crippen LogP contribution in [0.15, 0.2) is 14.1 Å². The highest BCUT2D eigenvalue weighted by atomic mass is 79.9. The average molecular weight is 382 g/mol. The van der Waals surface area contributed by atoms with Gasteiger partial charge in [-0.25, -0.2) is 13.1 Å². The lowest BCUT2D eigenvalue weighted by atomic mass is 9.87. The number of rotatable bonds is 8. The summed E-state index contributed by atoms with van der Waals surface area (Å²) >= 11 is 4.63. The lowest BCUT2D eigenvalue weighted by molar-refractivity contribution is 0.320. The summed E-state index contributed by atoms with van der Waals surface area (Å²) in [5.41, 5.74) is 0.948. The number of unbranched alkanes of at least 4 members (excludes halogenated alkanes) is 2. The minimum Gasteiger partial charge on any atom is -0.210 e. The molecule has 3 nitrogen and oxygen atoms in total. The maximum Gasteiger partial charge on any atom is 0.250 e. The lowest BCUT2D eigenvalue weighted by Crippen LogP contribution is -2.33. The quantitative estimate of drug-likeness (QED) is 0.662. The molecule has 0 amide bonds. The van der Waals surface area contributed by atoms with Crippen LogP contribution in [-0.2, 0) is 10.0 Å². The molecule has 1 N–H and O–H groups in total. The van der Waals surface area contributed by atoms with E-state index in [1.54, 1.807) is 6.07 Å². The largest absolute Gasteiger partial charge is 0.250 e. The van der Waals surface area contributed by atoms with Crippen molar-refractivity contribution in [2.45, 2.75) is 57.6 Å². The second kappa shape index (κ2) is 7.38. The van der Waals surface area contributed by atoms with Gasteiger partial charge in [0, 0.05) is 6.54 Å². The highest BCUT2D eigenvalue weighted by Crippen LogP contribution is 2.31. The molecule has 6 heteroatoms. The second-order valence-corrected chi connectivity index (χ2v) is 10.3. The first kappa shape index (κ1) is 18.1. The van der Waals surface area contributed by atoms with Crippen LogP contribution in [0.3, 0.4) is 0 Å². The standard InChI is InChI=1S/C14H24BrNO2S2/c1-5-6-7-8-14(3,4)10-16-20(17,18)12-9-11(2)13(15)19-12/h9,16H,5-8,10H2,1-4H3. The van der Waals surface area contributed by atoms with Crippen molar-refractivity contribution in [2.24, 2.45) is 5.41 Å². The number of thiophene rings is 1. The summed E-state index contributed by atoms with van der Waals surface area (Å²) < 4.78 is 28.5. The van der Waals surface area contributed by atoms with Crippen molar-refractivity contribution in [2.75, 3.05) is 6.54 Å². The Kier molecular flexibility index (Phi) is 6.70. The fourth-order valence-electron chi connectivity index (χ4n) is 1.87. The summed E-state index contributed by atoms with van der Waals surface area (Å²) in [5.74, 6) is 0. The van der Waals surface area contributed by atoms with Crippen LogP contribution >= 0.6 is 27.3 Å². The monoisotopic (exact) mass is 381 g/mol. The molecule has 0 aliphatic heterocycles. The Morgan fingerprint density at radius 1 is 1.35 bits per heavy atom. The highest BCUT2D eigenvalue weighted by molar-refractivity contribution is 9.11. The number of hydrogen-bond acceptors (Lipinski definition) is 3. The molecule has 0 atom stereocenters. The lowest BCUT2D eigenvalue weighted by Gasteiger charge is -2.24. The van der Waals surface area contributed by atoms with Gasteiger partial charge < -0.3 is 0 Å². The molecule has 0 bridgehead atoms. The van der Waals surface area contributed by atoms with Gasteiger partial charge in [-0.15, -0.1) is 11.3 Å². The van der Waals surface area contributed by atoms with Gasteiger partial charge in [0.15, 0.2) is 0 Å². The first-order chi connectivity index (χ1) is 9.18. The number of aryl methyl sites for hydroxylation is 1. The van der Waals surface area contributed by atoms with Crippen LogP contribution in [-0.4, -0.2) is 15.0 Å². The molecule has 116 valence electrons. The van der Waals surface area contributed by atoms with Crippen molar-refractivity contribution in [3.63, 3.8) is 0 Å². The van der Waals surface area contributed by atoms with Crippen molar-refractivity contribution < 1.29 is 8.42 Å². The van der Waals surface area contributed by atoms with E-state index in [1.165, 1.54) is 24.2 Å². The molecule has 1 rings (SSSR count). The van der Waals surface area contributed by atoms with E-state index < -0.39 is 10.0 Å². The van der Waals surface area contributed by atoms with Crippen LogP contribution in [0.2, 0.25) is 0 Å². The molecule has 20 heavy (non-hydrogen) atoms. The predicted octanol–water partition coefficient (Wildman–Crippen LogP) is 4.70. The van der Waals surface area contributed by atoms with E-state index in [9.17, 15) is 8.42 Å². The van der Waals surface area contributed by atoms with Crippen molar-refractivity contribution in [3.05, 3.63) is 15.4 Å². The van der Waals surface area contributed by atoms with Crippen molar-refractivity contribution >= 4 is 37.3 Å². The summed E-state index contributed by atoms with van der Waals surface area (Å²) in [7, 11) is -3.39. The molecule has 0 spiro atoms. The Labute approximate surface area is 135 Å². The molecule has 0 aromatic carbocycles. The molecule has 0 radical (unpaired) electrons. The van der Waals surface area contributed by atoms with E-state index >= 15 is 0 Å². The van der Waals surface area contributed by atoms with Gasteiger partial charge in [0.05, 0.1) is 3.79 Å². The third kappa shape index (κ3) is 5.47. The first-order valence-electron chi connectivity index (χ1n) is 6.93. The minimum atomic E-state index is -3.39. The number of halogens is 1. The number of nitrogens with one attached hydrogen (secondary N) is 1. The van der Waals surface area contributed by atoms with Gasteiger partial charge in [0.2, 0.25) is 10.0 Å². The molecule has 0 aliphatic rings. The number of sulfonamides is 1. The normalized spacial score (nSPS) is 12.8. The second-order valence-electron chi connectivity index (χ2n) is 5.97. The van der Waals surface area contributed by atoms with Gasteiger partial charge in [-0.3, -0.25) is 0 Å². The number of hydrogen-bond donors (Lipinski definition) is 1. The molecule has 0 unspecified atom stereocenters. The third-order valence-electron chi connectivity index (χ3n) is 3.30. The zero-order chi connectivity index (χ0) is 15.4. The predicted molar refractivity (Wildman–Crippen MR) is 89.9 cm³/mol. The van der Waals surface area contributed by atoms with Crippen molar-refractivity contribution in [1.82, 2.24) is 4.72 Å². The zero-order valence-corrected chi connectivity index (χ0v) is 15.8. The van der Waals surface area contributed by atoms with E-state index in [4.69, 9.17) is 0 Å². The fourth-order valence-corrected chi connectivity index (χ4v) is 5.38. The van der Waals surface area contributed by atoms with Crippen LogP contribution < -0.4 is 4.72 Å². The van der Waals surface area contributed by atoms with Crippen LogP contribution in [0.1, 0.15) is 52.0 Å². The Bertz CT molecular complexity index is 516. The SMILES string of the molecule is CCCCCC(C)(C)CNS(=O)(=O)c1cc(C)c(Br)s1. The Hall–Kier alpha value is 0.0900. The van der Waals surface area contributed by atoms with Crippen LogP contribution in [0.25, 0.3) is 0 Å². The smallest absolute Gasteiger partial charge is 0.210 e. The summed E-state index contributed by atoms with van der Waals surface area (Å²) in [5, 5.41) is 0. The molecule has 0 saturated heterocycles. The minimum absolute atomic E-state index is 0.00816. The molecule has 0 aliphatic carbocycles. The molecule has 1 aromatic heterocycles. The van der Waals surface area contributed by atoms with Crippen LogP contribution in [0.5, 0.6) is 0 Å². The summed E-state index contributed by atoms with van der Waals surface area (Å²) in [6.45, 7) is 8.77. The molecular formula is C14H24BrNO2S2. The summed E-state index contributed by atoms with van der Waals surface area (Å²) in [6, 6.07) is 1.71. The maximum absolute atomic E-state index is 12.3. The van der Waals surface area contributed by atoms with Gasteiger partial charge in [-0.05, 0) is 46.3 Å². The Morgan fingerprint density at radius 2 is 2.00 bits per heavy atom. The van der Waals surface area contributed by atoms with Crippen LogP contribution in [0.4, 0.5) is 0 Å². The van der Waals surface area contributed by atoms with E-state index in [-0.39, 0.29) is 5.41 Å². The van der Waals surface area contributed by atoms with E-state index in [0.717, 1.165) is 22.2 Å². The third-order valence-corrected chi connectivity index (χ3v) is 7.31. The molecule has 1 aromatic rings. The summed E-state index contributed by atoms with van der Waals surface area (Å²) in [4.78, 5) is 0. The molecular weight excluding hydrogens is 358 g/mol. The molecule has 0 fully saturated rings. The van der Waals surface area contributed by atoms with E-state index in [1.807, 2.05) is 6.92 Å². The zero-order valence-electron chi connectivity index (χ0n) is 12.6. The average Bonchev–Trinajstić information content (AvgIpc) is 2.69. The summed E-state index contributed by atoms with van der Waals surface area (Å²) in [6.07, 6.45) is 4.57. The topological polar surface area (TPSA) is 46.2 Å². The Morgan fingerprint density at radius 3 is 2.50 bits per heavy atom. The Balaban J connectivity index is 2.63. The first-order valence-corrected chi connectivity index (χ1v) is 10.0. The van der Waals surface area contributed by atoms with E-state index in [0.29, 0.717) is 10.8 Å². The maximum atomic E-state index is 12.3. The van der Waals surface area contributed by atoms with Gasteiger partial charge >= 0.3 is 0 Å². The van der Waals surface area contributed by atoms with Gasteiger partial charge in [-0.2, -0.15) is 0 Å². The van der Waals surface area contributed by atoms with Crippen LogP contribution in [0, 0.1) is 12.3 Å². The van der Waals surface area contributed by atoms with E-state index in [2.05, 4.69) is 41.4 Å².